The van der Waals surface area contributed by atoms with Gasteiger partial charge in [0.2, 0.25) is 0 Å². The van der Waals surface area contributed by atoms with E-state index in [1.165, 1.54) is 22.3 Å². The fourth-order valence-corrected chi connectivity index (χ4v) is 4.28. The Morgan fingerprint density at radius 1 is 0.842 bits per heavy atom. The fourth-order valence-electron chi connectivity index (χ4n) is 3.79. The lowest BCUT2D eigenvalue weighted by molar-refractivity contribution is 0.472. The third-order valence-corrected chi connectivity index (χ3v) is 5.04. The maximum absolute atomic E-state index is 9.58. The van der Waals surface area contributed by atoms with Gasteiger partial charge in [0.05, 0.1) is 17.4 Å². The van der Waals surface area contributed by atoms with Gasteiger partial charge in [-0.25, -0.2) is 0 Å². The second-order valence-electron chi connectivity index (χ2n) is 5.32. The minimum atomic E-state index is -0.0965. The Bertz CT molecular complexity index is 700. The SMILES string of the molecule is N#CC1C2c3ccccc3C1[C@@H](Cl)c1ccccc12. The Hall–Kier alpha value is -1.78. The number of nitriles is 1. The van der Waals surface area contributed by atoms with Crippen molar-refractivity contribution in [1.82, 2.24) is 0 Å². The number of hydrogen-bond acceptors (Lipinski definition) is 1. The van der Waals surface area contributed by atoms with Crippen LogP contribution in [0, 0.1) is 17.2 Å². The van der Waals surface area contributed by atoms with Gasteiger partial charge in [-0.3, -0.25) is 0 Å². The van der Waals surface area contributed by atoms with Crippen molar-refractivity contribution < 1.29 is 0 Å². The molecular formula is C17H12ClN. The zero-order valence-corrected chi connectivity index (χ0v) is 11.0. The van der Waals surface area contributed by atoms with Crippen molar-refractivity contribution in [2.75, 3.05) is 0 Å². The highest BCUT2D eigenvalue weighted by molar-refractivity contribution is 6.21. The number of hydrogen-bond donors (Lipinski definition) is 0. The molecule has 2 aromatic rings. The van der Waals surface area contributed by atoms with Crippen LogP contribution in [0.2, 0.25) is 0 Å². The lowest BCUT2D eigenvalue weighted by Crippen LogP contribution is -2.22. The average molecular weight is 266 g/mol. The molecule has 0 N–H and O–H groups in total. The van der Waals surface area contributed by atoms with Crippen molar-refractivity contribution in [2.24, 2.45) is 5.92 Å². The van der Waals surface area contributed by atoms with Crippen LogP contribution in [-0.4, -0.2) is 0 Å². The van der Waals surface area contributed by atoms with Crippen LogP contribution in [0.3, 0.4) is 0 Å². The van der Waals surface area contributed by atoms with Crippen molar-refractivity contribution >= 4 is 11.6 Å². The standard InChI is InChI=1S/C17H12ClN/c18-17-13-8-4-3-7-12(13)15-10-5-1-2-6-11(10)16(17)14(15)9-19/h1-8,14-17H/t14?,15?,16?,17-/m0/s1. The van der Waals surface area contributed by atoms with E-state index in [4.69, 9.17) is 11.6 Å². The molecule has 0 aromatic heterocycles. The minimum absolute atomic E-state index is 0.0326. The molecular weight excluding hydrogens is 254 g/mol. The van der Waals surface area contributed by atoms with E-state index in [1.54, 1.807) is 0 Å². The summed E-state index contributed by atoms with van der Waals surface area (Å²) >= 11 is 6.69. The molecule has 1 nitrogen and oxygen atoms in total. The Balaban J connectivity index is 2.05. The molecule has 0 heterocycles. The molecule has 2 bridgehead atoms. The van der Waals surface area contributed by atoms with Crippen molar-refractivity contribution in [3.8, 4) is 6.07 Å². The van der Waals surface area contributed by atoms with Gasteiger partial charge < -0.3 is 0 Å². The summed E-state index contributed by atoms with van der Waals surface area (Å²) in [4.78, 5) is 0. The van der Waals surface area contributed by atoms with Crippen molar-refractivity contribution in [3.05, 3.63) is 70.8 Å². The van der Waals surface area contributed by atoms with E-state index < -0.39 is 0 Å². The molecule has 0 spiro atoms. The van der Waals surface area contributed by atoms with E-state index in [9.17, 15) is 5.26 Å². The topological polar surface area (TPSA) is 23.8 Å². The monoisotopic (exact) mass is 265 g/mol. The van der Waals surface area contributed by atoms with Crippen LogP contribution in [0.5, 0.6) is 0 Å². The first kappa shape index (κ1) is 11.1. The van der Waals surface area contributed by atoms with E-state index in [2.05, 4.69) is 36.4 Å². The summed E-state index contributed by atoms with van der Waals surface area (Å²) in [5.41, 5.74) is 4.97. The molecule has 4 rings (SSSR count). The van der Waals surface area contributed by atoms with Crippen LogP contribution < -0.4 is 0 Å². The zero-order chi connectivity index (χ0) is 13.0. The Kier molecular flexibility index (Phi) is 2.25. The van der Waals surface area contributed by atoms with Gasteiger partial charge in [0.25, 0.3) is 0 Å². The maximum atomic E-state index is 9.58. The van der Waals surface area contributed by atoms with Gasteiger partial charge in [-0.15, -0.1) is 11.6 Å². The molecule has 0 fully saturated rings. The molecule has 19 heavy (non-hydrogen) atoms. The third kappa shape index (κ3) is 1.30. The number of rotatable bonds is 0. The zero-order valence-electron chi connectivity index (χ0n) is 10.3. The molecule has 0 amide bonds. The predicted molar refractivity (Wildman–Crippen MR) is 75.2 cm³/mol. The second kappa shape index (κ2) is 3.85. The molecule has 2 heteroatoms. The minimum Gasteiger partial charge on any atom is -0.198 e. The molecule has 0 saturated heterocycles. The summed E-state index contributed by atoms with van der Waals surface area (Å²) in [5.74, 6) is 0.287. The molecule has 0 saturated carbocycles. The first-order valence-corrected chi connectivity index (χ1v) is 6.98. The molecule has 2 aliphatic carbocycles. The van der Waals surface area contributed by atoms with Crippen LogP contribution in [0.15, 0.2) is 48.5 Å². The van der Waals surface area contributed by atoms with Gasteiger partial charge in [-0.05, 0) is 22.3 Å². The number of alkyl halides is 1. The quantitative estimate of drug-likeness (QED) is 0.650. The highest BCUT2D eigenvalue weighted by Gasteiger charge is 2.49. The third-order valence-electron chi connectivity index (χ3n) is 4.53. The molecule has 2 aliphatic rings. The Morgan fingerprint density at radius 2 is 1.37 bits per heavy atom. The van der Waals surface area contributed by atoms with E-state index >= 15 is 0 Å². The highest BCUT2D eigenvalue weighted by atomic mass is 35.5. The molecule has 3 unspecified atom stereocenters. The van der Waals surface area contributed by atoms with Crippen molar-refractivity contribution in [3.63, 3.8) is 0 Å². The van der Waals surface area contributed by atoms with Crippen LogP contribution >= 0.6 is 11.6 Å². The first-order valence-electron chi connectivity index (χ1n) is 6.54. The van der Waals surface area contributed by atoms with Crippen LogP contribution in [0.25, 0.3) is 0 Å². The fraction of sp³-hybridized carbons (Fsp3) is 0.235. The van der Waals surface area contributed by atoms with Crippen molar-refractivity contribution in [2.45, 2.75) is 17.2 Å². The number of benzene rings is 2. The number of nitrogens with zero attached hydrogens (tertiary/aromatic N) is 1. The largest absolute Gasteiger partial charge is 0.198 e. The van der Waals surface area contributed by atoms with Crippen molar-refractivity contribution in [1.29, 1.82) is 5.26 Å². The lowest BCUT2D eigenvalue weighted by atomic mass is 9.73. The molecule has 92 valence electrons. The second-order valence-corrected chi connectivity index (χ2v) is 5.79. The lowest BCUT2D eigenvalue weighted by Gasteiger charge is -2.32. The van der Waals surface area contributed by atoms with Gasteiger partial charge >= 0.3 is 0 Å². The Morgan fingerprint density at radius 3 is 2.00 bits per heavy atom. The van der Waals surface area contributed by atoms with Gasteiger partial charge in [-0.1, -0.05) is 48.5 Å². The predicted octanol–water partition coefficient (Wildman–Crippen LogP) is 4.35. The van der Waals surface area contributed by atoms with Gasteiger partial charge in [0.15, 0.2) is 0 Å². The molecule has 4 atom stereocenters. The van der Waals surface area contributed by atoms with Gasteiger partial charge in [-0.2, -0.15) is 5.26 Å². The van der Waals surface area contributed by atoms with E-state index in [1.807, 2.05) is 18.2 Å². The van der Waals surface area contributed by atoms with Crippen LogP contribution in [0.4, 0.5) is 0 Å². The van der Waals surface area contributed by atoms with E-state index in [0.717, 1.165) is 0 Å². The summed E-state index contributed by atoms with van der Waals surface area (Å²) in [6.07, 6.45) is 0. The summed E-state index contributed by atoms with van der Waals surface area (Å²) in [6, 6.07) is 19.2. The molecule has 0 aliphatic heterocycles. The molecule has 2 aromatic carbocycles. The normalized spacial score (nSPS) is 30.3. The average Bonchev–Trinajstić information content (AvgIpc) is 2.75. The van der Waals surface area contributed by atoms with Gasteiger partial charge in [0.1, 0.15) is 0 Å². The highest BCUT2D eigenvalue weighted by Crippen LogP contribution is 2.61. The van der Waals surface area contributed by atoms with Gasteiger partial charge in [0, 0.05) is 11.8 Å². The first-order chi connectivity index (χ1) is 9.33. The number of halogens is 1. The number of fused-ring (bicyclic) bond motifs is 7. The maximum Gasteiger partial charge on any atom is 0.0672 e. The summed E-state index contributed by atoms with van der Waals surface area (Å²) < 4.78 is 0. The van der Waals surface area contributed by atoms with E-state index in [-0.39, 0.29) is 23.1 Å². The summed E-state index contributed by atoms with van der Waals surface area (Å²) in [6.45, 7) is 0. The Labute approximate surface area is 117 Å². The molecule has 0 radical (unpaired) electrons. The summed E-state index contributed by atoms with van der Waals surface area (Å²) in [5, 5.41) is 9.48. The summed E-state index contributed by atoms with van der Waals surface area (Å²) in [7, 11) is 0. The van der Waals surface area contributed by atoms with Crippen LogP contribution in [0.1, 0.15) is 39.5 Å². The van der Waals surface area contributed by atoms with E-state index in [0.29, 0.717) is 0 Å². The smallest absolute Gasteiger partial charge is 0.0672 e. The van der Waals surface area contributed by atoms with Crippen LogP contribution in [-0.2, 0) is 0 Å².